The lowest BCUT2D eigenvalue weighted by molar-refractivity contribution is -0.121. The Bertz CT molecular complexity index is 347. The van der Waals surface area contributed by atoms with Crippen LogP contribution in [0.4, 0.5) is 0 Å². The molecule has 0 aromatic carbocycles. The lowest BCUT2D eigenvalue weighted by Crippen LogP contribution is -2.37. The van der Waals surface area contributed by atoms with Gasteiger partial charge in [-0.05, 0) is 0 Å². The van der Waals surface area contributed by atoms with Gasteiger partial charge >= 0.3 is 0 Å². The Morgan fingerprint density at radius 1 is 1.00 bits per heavy atom. The number of hydrogen-bond acceptors (Lipinski definition) is 6. The van der Waals surface area contributed by atoms with Crippen LogP contribution >= 0.6 is 0 Å². The predicted octanol–water partition coefficient (Wildman–Crippen LogP) is -2.13. The molecule has 0 bridgehead atoms. The quantitative estimate of drug-likeness (QED) is 0.213. The number of rotatable bonds is 14. The van der Waals surface area contributed by atoms with Crippen molar-refractivity contribution in [2.45, 2.75) is 12.8 Å². The van der Waals surface area contributed by atoms with Crippen LogP contribution in [-0.2, 0) is 14.3 Å². The molecule has 0 aromatic heterocycles. The van der Waals surface area contributed by atoms with Crippen LogP contribution in [0.15, 0.2) is 0 Å². The Morgan fingerprint density at radius 3 is 1.96 bits per heavy atom. The molecule has 0 aromatic rings. The SMILES string of the molecule is C#CCOCCN(CCC(=O)NCCN)CCC(=O)NCCN. The zero-order chi connectivity index (χ0) is 17.3. The standard InChI is InChI=1S/C15H29N5O3/c1-2-12-23-13-11-20(9-3-14(21)18-7-5-16)10-4-15(22)19-8-6-17/h1H,3-13,16-17H2,(H,18,21)(H,19,22). The minimum absolute atomic E-state index is 0.0578. The van der Waals surface area contributed by atoms with Gasteiger partial charge in [0.2, 0.25) is 11.8 Å². The summed E-state index contributed by atoms with van der Waals surface area (Å²) < 4.78 is 5.24. The van der Waals surface area contributed by atoms with E-state index in [9.17, 15) is 9.59 Å². The molecule has 0 aliphatic carbocycles. The van der Waals surface area contributed by atoms with Crippen LogP contribution in [0.25, 0.3) is 0 Å². The highest BCUT2D eigenvalue weighted by atomic mass is 16.5. The van der Waals surface area contributed by atoms with E-state index < -0.39 is 0 Å². The van der Waals surface area contributed by atoms with E-state index in [2.05, 4.69) is 16.6 Å². The highest BCUT2D eigenvalue weighted by molar-refractivity contribution is 5.76. The summed E-state index contributed by atoms with van der Waals surface area (Å²) in [5.74, 6) is 2.28. The average molecular weight is 327 g/mol. The summed E-state index contributed by atoms with van der Waals surface area (Å²) >= 11 is 0. The molecule has 0 aliphatic heterocycles. The number of amides is 2. The van der Waals surface area contributed by atoms with E-state index in [4.69, 9.17) is 22.6 Å². The molecular formula is C15H29N5O3. The third-order valence-electron chi connectivity index (χ3n) is 2.98. The van der Waals surface area contributed by atoms with Crippen LogP contribution in [0.5, 0.6) is 0 Å². The van der Waals surface area contributed by atoms with Crippen molar-refractivity contribution in [3.05, 3.63) is 0 Å². The molecule has 0 saturated heterocycles. The van der Waals surface area contributed by atoms with Gasteiger partial charge in [0.15, 0.2) is 0 Å². The Kier molecular flexibility index (Phi) is 14.1. The van der Waals surface area contributed by atoms with Crippen molar-refractivity contribution in [3.8, 4) is 12.3 Å². The summed E-state index contributed by atoms with van der Waals surface area (Å²) in [6.45, 7) is 4.15. The number of nitrogens with two attached hydrogens (primary N) is 2. The fourth-order valence-corrected chi connectivity index (χ4v) is 1.78. The molecule has 0 radical (unpaired) electrons. The van der Waals surface area contributed by atoms with E-state index in [0.717, 1.165) is 0 Å². The first-order valence-electron chi connectivity index (χ1n) is 7.81. The second-order valence-electron chi connectivity index (χ2n) is 4.88. The summed E-state index contributed by atoms with van der Waals surface area (Å²) in [4.78, 5) is 25.2. The lowest BCUT2D eigenvalue weighted by atomic mass is 10.3. The molecule has 0 spiro atoms. The summed E-state index contributed by atoms with van der Waals surface area (Å²) in [5.41, 5.74) is 10.7. The van der Waals surface area contributed by atoms with Gasteiger partial charge in [0.25, 0.3) is 0 Å². The second kappa shape index (κ2) is 15.2. The van der Waals surface area contributed by atoms with Crippen molar-refractivity contribution in [3.63, 3.8) is 0 Å². The molecule has 0 rings (SSSR count). The first-order valence-corrected chi connectivity index (χ1v) is 7.81. The number of carbonyl (C=O) groups is 2. The van der Waals surface area contributed by atoms with E-state index in [1.54, 1.807) is 0 Å². The number of hydrogen-bond donors (Lipinski definition) is 4. The van der Waals surface area contributed by atoms with E-state index in [-0.39, 0.29) is 18.4 Å². The molecule has 0 atom stereocenters. The van der Waals surface area contributed by atoms with Crippen LogP contribution in [0.1, 0.15) is 12.8 Å². The maximum absolute atomic E-state index is 11.6. The molecule has 8 heteroatoms. The van der Waals surface area contributed by atoms with Crippen molar-refractivity contribution in [1.29, 1.82) is 0 Å². The molecule has 8 nitrogen and oxygen atoms in total. The molecule has 0 saturated carbocycles. The van der Waals surface area contributed by atoms with Crippen molar-refractivity contribution in [2.24, 2.45) is 11.5 Å². The zero-order valence-electron chi connectivity index (χ0n) is 13.7. The van der Waals surface area contributed by atoms with Gasteiger partial charge in [0, 0.05) is 58.7 Å². The molecule has 6 N–H and O–H groups in total. The molecule has 0 fully saturated rings. The fourth-order valence-electron chi connectivity index (χ4n) is 1.78. The lowest BCUT2D eigenvalue weighted by Gasteiger charge is -2.21. The Balaban J connectivity index is 4.13. The average Bonchev–Trinajstić information content (AvgIpc) is 2.56. The smallest absolute Gasteiger partial charge is 0.221 e. The van der Waals surface area contributed by atoms with Gasteiger partial charge in [-0.3, -0.25) is 9.59 Å². The van der Waals surface area contributed by atoms with Gasteiger partial charge < -0.3 is 31.7 Å². The first kappa shape index (κ1) is 21.3. The monoisotopic (exact) mass is 327 g/mol. The molecular weight excluding hydrogens is 298 g/mol. The second-order valence-corrected chi connectivity index (χ2v) is 4.88. The minimum atomic E-state index is -0.0578. The molecule has 2 amide bonds. The van der Waals surface area contributed by atoms with E-state index in [0.29, 0.717) is 65.3 Å². The number of carbonyl (C=O) groups excluding carboxylic acids is 2. The maximum Gasteiger partial charge on any atom is 0.221 e. The predicted molar refractivity (Wildman–Crippen MR) is 89.5 cm³/mol. The summed E-state index contributed by atoms with van der Waals surface area (Å²) in [5, 5.41) is 5.43. The molecule has 0 unspecified atom stereocenters. The van der Waals surface area contributed by atoms with E-state index in [1.807, 2.05) is 4.90 Å². The van der Waals surface area contributed by atoms with Crippen LogP contribution in [0.2, 0.25) is 0 Å². The maximum atomic E-state index is 11.6. The van der Waals surface area contributed by atoms with Crippen molar-refractivity contribution < 1.29 is 14.3 Å². The van der Waals surface area contributed by atoms with E-state index >= 15 is 0 Å². The molecule has 0 aliphatic rings. The van der Waals surface area contributed by atoms with Gasteiger partial charge in [0.1, 0.15) is 6.61 Å². The number of nitrogens with zero attached hydrogens (tertiary/aromatic N) is 1. The summed E-state index contributed by atoms with van der Waals surface area (Å²) in [7, 11) is 0. The van der Waals surface area contributed by atoms with Gasteiger partial charge in [0.05, 0.1) is 6.61 Å². The summed E-state index contributed by atoms with van der Waals surface area (Å²) in [6.07, 6.45) is 5.81. The molecule has 0 heterocycles. The Labute approximate surface area is 138 Å². The van der Waals surface area contributed by atoms with Gasteiger partial charge in [-0.25, -0.2) is 0 Å². The van der Waals surface area contributed by atoms with E-state index in [1.165, 1.54) is 0 Å². The third kappa shape index (κ3) is 13.7. The molecule has 23 heavy (non-hydrogen) atoms. The fraction of sp³-hybridized carbons (Fsp3) is 0.733. The Morgan fingerprint density at radius 2 is 1.52 bits per heavy atom. The van der Waals surface area contributed by atoms with Gasteiger partial charge in [-0.15, -0.1) is 6.42 Å². The first-order chi connectivity index (χ1) is 11.1. The van der Waals surface area contributed by atoms with Crippen molar-refractivity contribution >= 4 is 11.8 Å². The number of terminal acetylenes is 1. The molecule has 132 valence electrons. The topological polar surface area (TPSA) is 123 Å². The van der Waals surface area contributed by atoms with Gasteiger partial charge in [-0.2, -0.15) is 0 Å². The highest BCUT2D eigenvalue weighted by Crippen LogP contribution is 1.96. The minimum Gasteiger partial charge on any atom is -0.367 e. The van der Waals surface area contributed by atoms with Crippen LogP contribution < -0.4 is 22.1 Å². The van der Waals surface area contributed by atoms with Crippen LogP contribution in [0.3, 0.4) is 0 Å². The normalized spacial score (nSPS) is 10.3. The van der Waals surface area contributed by atoms with Crippen LogP contribution in [0, 0.1) is 12.3 Å². The van der Waals surface area contributed by atoms with Gasteiger partial charge in [-0.1, -0.05) is 5.92 Å². The Hall–Kier alpha value is -1.66. The van der Waals surface area contributed by atoms with Crippen molar-refractivity contribution in [1.82, 2.24) is 15.5 Å². The van der Waals surface area contributed by atoms with Crippen LogP contribution in [-0.4, -0.2) is 75.7 Å². The van der Waals surface area contributed by atoms with Crippen molar-refractivity contribution in [2.75, 3.05) is 59.0 Å². The number of nitrogens with one attached hydrogen (secondary N) is 2. The third-order valence-corrected chi connectivity index (χ3v) is 2.98. The summed E-state index contributed by atoms with van der Waals surface area (Å²) in [6, 6.07) is 0. The zero-order valence-corrected chi connectivity index (χ0v) is 13.7. The highest BCUT2D eigenvalue weighted by Gasteiger charge is 2.10. The largest absolute Gasteiger partial charge is 0.367 e. The number of ether oxygens (including phenoxy) is 1.